The van der Waals surface area contributed by atoms with Crippen molar-refractivity contribution in [2.75, 3.05) is 6.54 Å². The number of amides is 2. The lowest BCUT2D eigenvalue weighted by Gasteiger charge is -2.04. The normalized spacial score (nSPS) is 13.5. The third-order valence-electron chi connectivity index (χ3n) is 1.99. The first-order valence-electron chi connectivity index (χ1n) is 4.95. The van der Waals surface area contributed by atoms with Gasteiger partial charge in [0.05, 0.1) is 0 Å². The lowest BCUT2D eigenvalue weighted by atomic mass is 10.1. The highest BCUT2D eigenvalue weighted by molar-refractivity contribution is 6.01. The van der Waals surface area contributed by atoms with Gasteiger partial charge in [0.25, 0.3) is 0 Å². The third-order valence-corrected chi connectivity index (χ3v) is 1.99. The van der Waals surface area contributed by atoms with E-state index < -0.39 is 0 Å². The Labute approximate surface area is 85.3 Å². The van der Waals surface area contributed by atoms with Crippen LogP contribution < -0.4 is 5.32 Å². The summed E-state index contributed by atoms with van der Waals surface area (Å²) in [7, 11) is 0. The highest BCUT2D eigenvalue weighted by Crippen LogP contribution is 1.95. The molecule has 14 heavy (non-hydrogen) atoms. The molecule has 0 saturated carbocycles. The number of carbonyl (C=O) groups is 1. The zero-order valence-corrected chi connectivity index (χ0v) is 9.13. The highest BCUT2D eigenvalue weighted by Gasteiger charge is 2.04. The van der Waals surface area contributed by atoms with Gasteiger partial charge < -0.3 is 10.7 Å². The Kier molecular flexibility index (Phi) is 6.62. The van der Waals surface area contributed by atoms with Gasteiger partial charge in [-0.15, -0.1) is 0 Å². The van der Waals surface area contributed by atoms with Crippen molar-refractivity contribution in [2.24, 2.45) is 10.9 Å². The molecule has 1 unspecified atom stereocenters. The fraction of sp³-hybridized carbons (Fsp3) is 0.700. The molecule has 80 valence electrons. The van der Waals surface area contributed by atoms with Crippen LogP contribution in [0, 0.1) is 11.3 Å². The number of urea groups is 1. The van der Waals surface area contributed by atoms with E-state index >= 15 is 0 Å². The molecule has 4 heteroatoms. The summed E-state index contributed by atoms with van der Waals surface area (Å²) in [6.07, 6.45) is 3.30. The van der Waals surface area contributed by atoms with Crippen molar-refractivity contribution in [3.05, 3.63) is 0 Å². The molecule has 0 aliphatic carbocycles. The summed E-state index contributed by atoms with van der Waals surface area (Å²) < 4.78 is 0. The van der Waals surface area contributed by atoms with Crippen LogP contribution in [-0.4, -0.2) is 24.5 Å². The Morgan fingerprint density at radius 1 is 1.64 bits per heavy atom. The van der Waals surface area contributed by atoms with Crippen LogP contribution in [0.3, 0.4) is 0 Å². The molecule has 2 amide bonds. The fourth-order valence-electron chi connectivity index (χ4n) is 0.794. The molecular weight excluding hydrogens is 178 g/mol. The number of nitrogens with zero attached hydrogens (tertiary/aromatic N) is 1. The lowest BCUT2D eigenvalue weighted by molar-refractivity contribution is 0.249. The molecule has 0 aliphatic rings. The molecule has 0 aromatic carbocycles. The number of rotatable bonds is 5. The summed E-state index contributed by atoms with van der Waals surface area (Å²) in [5, 5.41) is 9.71. The monoisotopic (exact) mass is 197 g/mol. The minimum atomic E-state index is -0.301. The van der Waals surface area contributed by atoms with Gasteiger partial charge in [0.1, 0.15) is 0 Å². The zero-order chi connectivity index (χ0) is 11.0. The molecule has 0 spiro atoms. The number of nitrogens with one attached hydrogen (secondary N) is 2. The van der Waals surface area contributed by atoms with Crippen LogP contribution in [0.4, 0.5) is 4.79 Å². The summed E-state index contributed by atoms with van der Waals surface area (Å²) in [6, 6.07) is -0.301. The predicted octanol–water partition coefficient (Wildman–Crippen LogP) is 2.24. The molecule has 0 aromatic heterocycles. The molecule has 0 bridgehead atoms. The largest absolute Gasteiger partial charge is 0.340 e. The SMILES string of the molecule is CCCCNC(=O)N=C(C)C(C)C=N. The first-order chi connectivity index (χ1) is 6.61. The van der Waals surface area contributed by atoms with Crippen molar-refractivity contribution in [2.45, 2.75) is 33.6 Å². The van der Waals surface area contributed by atoms with Crippen molar-refractivity contribution >= 4 is 18.0 Å². The van der Waals surface area contributed by atoms with Gasteiger partial charge in [0.2, 0.25) is 0 Å². The van der Waals surface area contributed by atoms with E-state index in [1.54, 1.807) is 6.92 Å². The molecule has 0 aromatic rings. The van der Waals surface area contributed by atoms with E-state index in [4.69, 9.17) is 5.41 Å². The molecule has 0 radical (unpaired) electrons. The van der Waals surface area contributed by atoms with Crippen LogP contribution in [0.5, 0.6) is 0 Å². The average molecular weight is 197 g/mol. The van der Waals surface area contributed by atoms with E-state index in [2.05, 4.69) is 17.2 Å². The van der Waals surface area contributed by atoms with E-state index in [9.17, 15) is 4.79 Å². The second kappa shape index (κ2) is 7.24. The first-order valence-corrected chi connectivity index (χ1v) is 4.95. The maximum Gasteiger partial charge on any atom is 0.340 e. The molecular formula is C10H19N3O. The van der Waals surface area contributed by atoms with Gasteiger partial charge in [-0.3, -0.25) is 0 Å². The van der Waals surface area contributed by atoms with Crippen molar-refractivity contribution in [3.8, 4) is 0 Å². The van der Waals surface area contributed by atoms with Gasteiger partial charge in [0.15, 0.2) is 0 Å². The Morgan fingerprint density at radius 2 is 2.29 bits per heavy atom. The topological polar surface area (TPSA) is 65.3 Å². The number of aliphatic imine (C=N–C) groups is 1. The van der Waals surface area contributed by atoms with Crippen LogP contribution in [0.25, 0.3) is 0 Å². The van der Waals surface area contributed by atoms with Crippen molar-refractivity contribution in [3.63, 3.8) is 0 Å². The van der Waals surface area contributed by atoms with Gasteiger partial charge in [-0.25, -0.2) is 9.79 Å². The quantitative estimate of drug-likeness (QED) is 0.515. The molecule has 0 aliphatic heterocycles. The average Bonchev–Trinajstić information content (AvgIpc) is 2.16. The van der Waals surface area contributed by atoms with Gasteiger partial charge in [-0.05, 0) is 13.3 Å². The number of hydrogen-bond donors (Lipinski definition) is 2. The van der Waals surface area contributed by atoms with Crippen molar-refractivity contribution in [1.29, 1.82) is 5.41 Å². The summed E-state index contributed by atoms with van der Waals surface area (Å²) in [5.74, 6) is -0.0630. The fourth-order valence-corrected chi connectivity index (χ4v) is 0.794. The van der Waals surface area contributed by atoms with Gasteiger partial charge in [0, 0.05) is 24.4 Å². The van der Waals surface area contributed by atoms with E-state index in [-0.39, 0.29) is 11.9 Å². The van der Waals surface area contributed by atoms with Gasteiger partial charge in [-0.1, -0.05) is 20.3 Å². The number of carbonyl (C=O) groups excluding carboxylic acids is 1. The molecule has 0 saturated heterocycles. The van der Waals surface area contributed by atoms with Crippen molar-refractivity contribution in [1.82, 2.24) is 5.32 Å². The third kappa shape index (κ3) is 5.45. The maximum atomic E-state index is 11.2. The zero-order valence-electron chi connectivity index (χ0n) is 9.13. The smallest absolute Gasteiger partial charge is 0.336 e. The molecule has 0 fully saturated rings. The first kappa shape index (κ1) is 12.8. The summed E-state index contributed by atoms with van der Waals surface area (Å²) in [4.78, 5) is 15.0. The Balaban J connectivity index is 3.95. The van der Waals surface area contributed by atoms with E-state index in [1.807, 2.05) is 6.92 Å². The molecule has 0 rings (SSSR count). The highest BCUT2D eigenvalue weighted by atomic mass is 16.2. The maximum absolute atomic E-state index is 11.2. The Hall–Kier alpha value is -1.19. The summed E-state index contributed by atoms with van der Waals surface area (Å²) in [6.45, 7) is 6.34. The van der Waals surface area contributed by atoms with Crippen LogP contribution in [0.1, 0.15) is 33.6 Å². The molecule has 0 heterocycles. The van der Waals surface area contributed by atoms with Crippen LogP contribution in [0.15, 0.2) is 4.99 Å². The summed E-state index contributed by atoms with van der Waals surface area (Å²) >= 11 is 0. The second-order valence-electron chi connectivity index (χ2n) is 3.29. The molecule has 2 N–H and O–H groups in total. The van der Waals surface area contributed by atoms with Crippen LogP contribution in [-0.2, 0) is 0 Å². The lowest BCUT2D eigenvalue weighted by Crippen LogP contribution is -2.23. The molecule has 4 nitrogen and oxygen atoms in total. The minimum Gasteiger partial charge on any atom is -0.336 e. The number of hydrogen-bond acceptors (Lipinski definition) is 2. The van der Waals surface area contributed by atoms with E-state index in [1.165, 1.54) is 6.21 Å². The second-order valence-corrected chi connectivity index (χ2v) is 3.29. The van der Waals surface area contributed by atoms with Crippen LogP contribution in [0.2, 0.25) is 0 Å². The van der Waals surface area contributed by atoms with Gasteiger partial charge >= 0.3 is 6.03 Å². The number of unbranched alkanes of at least 4 members (excludes halogenated alkanes) is 1. The molecule has 1 atom stereocenters. The minimum absolute atomic E-state index is 0.0630. The Morgan fingerprint density at radius 3 is 2.79 bits per heavy atom. The van der Waals surface area contributed by atoms with Crippen molar-refractivity contribution < 1.29 is 4.79 Å². The Bertz CT molecular complexity index is 223. The van der Waals surface area contributed by atoms with E-state index in [0.29, 0.717) is 12.3 Å². The predicted molar refractivity (Wildman–Crippen MR) is 59.4 cm³/mol. The standard InChI is InChI=1S/C10H19N3O/c1-4-5-6-12-10(14)13-9(3)8(2)7-11/h7-8,11H,4-6H2,1-3H3,(H,12,14). The summed E-state index contributed by atoms with van der Waals surface area (Å²) in [5.41, 5.74) is 0.675. The van der Waals surface area contributed by atoms with Crippen LogP contribution >= 0.6 is 0 Å². The van der Waals surface area contributed by atoms with Gasteiger partial charge in [-0.2, -0.15) is 0 Å². The van der Waals surface area contributed by atoms with E-state index in [0.717, 1.165) is 12.8 Å².